The fourth-order valence-electron chi connectivity index (χ4n) is 2.72. The summed E-state index contributed by atoms with van der Waals surface area (Å²) in [4.78, 5) is 16.7. The third kappa shape index (κ3) is 5.06. The number of carbonyl (C=O) groups is 1. The van der Waals surface area contributed by atoms with Gasteiger partial charge in [-0.25, -0.2) is 4.98 Å². The third-order valence-electron chi connectivity index (χ3n) is 3.92. The lowest BCUT2D eigenvalue weighted by Crippen LogP contribution is -2.37. The molecule has 0 unspecified atom stereocenters. The highest BCUT2D eigenvalue weighted by molar-refractivity contribution is 9.10. The number of halogens is 1. The first-order valence-corrected chi connectivity index (χ1v) is 10.5. The average molecular weight is 411 g/mol. The number of amides is 1. The van der Waals surface area contributed by atoms with E-state index in [1.165, 1.54) is 31.0 Å². The first-order valence-electron chi connectivity index (χ1n) is 7.84. The van der Waals surface area contributed by atoms with Crippen molar-refractivity contribution in [3.63, 3.8) is 0 Å². The number of carbonyl (C=O) groups excluding carboxylic acids is 1. The van der Waals surface area contributed by atoms with Crippen LogP contribution in [0.4, 0.5) is 0 Å². The molecular weight excluding hydrogens is 392 g/mol. The monoisotopic (exact) mass is 410 g/mol. The van der Waals surface area contributed by atoms with Crippen molar-refractivity contribution in [1.82, 2.24) is 10.3 Å². The molecule has 0 saturated heterocycles. The summed E-state index contributed by atoms with van der Waals surface area (Å²) in [5.41, 5.74) is 2.07. The zero-order chi connectivity index (χ0) is 16.1. The number of aromatic nitrogens is 1. The summed E-state index contributed by atoms with van der Waals surface area (Å²) < 4.78 is 2.01. The Morgan fingerprint density at radius 3 is 2.74 bits per heavy atom. The number of hydrogen-bond acceptors (Lipinski definition) is 4. The van der Waals surface area contributed by atoms with Crippen LogP contribution < -0.4 is 5.32 Å². The van der Waals surface area contributed by atoms with Crippen LogP contribution in [0.3, 0.4) is 0 Å². The number of nitrogens with one attached hydrogen (secondary N) is 1. The number of nitrogens with zero attached hydrogens (tertiary/aromatic N) is 1. The summed E-state index contributed by atoms with van der Waals surface area (Å²) in [6.07, 6.45) is 6.03. The highest BCUT2D eigenvalue weighted by atomic mass is 79.9. The van der Waals surface area contributed by atoms with Crippen LogP contribution in [0.15, 0.2) is 38.5 Å². The van der Waals surface area contributed by atoms with Gasteiger partial charge in [0.15, 0.2) is 4.34 Å². The van der Waals surface area contributed by atoms with E-state index in [2.05, 4.69) is 26.2 Å². The first-order chi connectivity index (χ1) is 11.2. The maximum Gasteiger partial charge on any atom is 0.230 e. The Hall–Kier alpha value is -0.850. The van der Waals surface area contributed by atoms with Crippen LogP contribution in [-0.2, 0) is 4.79 Å². The molecule has 6 heteroatoms. The van der Waals surface area contributed by atoms with Crippen LogP contribution in [0, 0.1) is 0 Å². The second kappa shape index (κ2) is 8.31. The molecule has 1 heterocycles. The van der Waals surface area contributed by atoms with Crippen molar-refractivity contribution >= 4 is 44.9 Å². The van der Waals surface area contributed by atoms with Gasteiger partial charge in [-0.2, -0.15) is 0 Å². The third-order valence-corrected chi connectivity index (χ3v) is 6.47. The topological polar surface area (TPSA) is 42.0 Å². The zero-order valence-electron chi connectivity index (χ0n) is 12.8. The molecule has 1 aliphatic rings. The van der Waals surface area contributed by atoms with Gasteiger partial charge in [-0.05, 0) is 25.0 Å². The average Bonchev–Trinajstić information content (AvgIpc) is 3.04. The molecule has 3 rings (SSSR count). The fraction of sp³-hybridized carbons (Fsp3) is 0.412. The van der Waals surface area contributed by atoms with Crippen molar-refractivity contribution in [2.75, 3.05) is 5.75 Å². The minimum absolute atomic E-state index is 0.127. The van der Waals surface area contributed by atoms with Gasteiger partial charge in [-0.3, -0.25) is 4.79 Å². The van der Waals surface area contributed by atoms with E-state index in [1.807, 2.05) is 29.6 Å². The van der Waals surface area contributed by atoms with Gasteiger partial charge in [0.2, 0.25) is 5.91 Å². The van der Waals surface area contributed by atoms with Crippen molar-refractivity contribution in [1.29, 1.82) is 0 Å². The molecule has 1 amide bonds. The highest BCUT2D eigenvalue weighted by Gasteiger charge is 2.16. The van der Waals surface area contributed by atoms with E-state index in [-0.39, 0.29) is 5.91 Å². The Morgan fingerprint density at radius 1 is 1.26 bits per heavy atom. The molecule has 0 radical (unpaired) electrons. The molecule has 0 spiro atoms. The van der Waals surface area contributed by atoms with Gasteiger partial charge in [-0.1, -0.05) is 59.1 Å². The fourth-order valence-corrected chi connectivity index (χ4v) is 4.63. The van der Waals surface area contributed by atoms with Crippen molar-refractivity contribution < 1.29 is 4.79 Å². The lowest BCUT2D eigenvalue weighted by atomic mass is 9.95. The van der Waals surface area contributed by atoms with Crippen LogP contribution in [-0.4, -0.2) is 22.7 Å². The van der Waals surface area contributed by atoms with Crippen LogP contribution in [0.25, 0.3) is 11.3 Å². The predicted molar refractivity (Wildman–Crippen MR) is 101 cm³/mol. The van der Waals surface area contributed by atoms with Gasteiger partial charge in [0, 0.05) is 21.5 Å². The first kappa shape index (κ1) is 17.0. The van der Waals surface area contributed by atoms with Crippen LogP contribution in [0.5, 0.6) is 0 Å². The molecule has 122 valence electrons. The summed E-state index contributed by atoms with van der Waals surface area (Å²) in [5, 5.41) is 5.19. The quantitative estimate of drug-likeness (QED) is 0.695. The number of benzene rings is 1. The second-order valence-corrected chi connectivity index (χ2v) is 8.69. The Morgan fingerprint density at radius 2 is 2.00 bits per heavy atom. The van der Waals surface area contributed by atoms with Crippen molar-refractivity contribution in [3.05, 3.63) is 34.1 Å². The van der Waals surface area contributed by atoms with E-state index in [0.717, 1.165) is 32.9 Å². The molecular formula is C17H19BrN2OS2. The Kier molecular flexibility index (Phi) is 6.14. The standard InChI is InChI=1S/C17H19BrN2OS2/c18-13-8-6-12(7-9-13)15-10-22-17(20-15)23-11-16(21)19-14-4-2-1-3-5-14/h6-10,14H,1-5,11H2,(H,19,21). The molecule has 1 aromatic carbocycles. The summed E-state index contributed by atoms with van der Waals surface area (Å²) in [6, 6.07) is 8.50. The lowest BCUT2D eigenvalue weighted by Gasteiger charge is -2.22. The Bertz CT molecular complexity index is 651. The number of hydrogen-bond donors (Lipinski definition) is 1. The Labute approximate surface area is 153 Å². The van der Waals surface area contributed by atoms with E-state index in [0.29, 0.717) is 11.8 Å². The molecule has 2 aromatic rings. The van der Waals surface area contributed by atoms with Crippen molar-refractivity contribution in [2.24, 2.45) is 0 Å². The van der Waals surface area contributed by atoms with Crippen molar-refractivity contribution in [2.45, 2.75) is 42.5 Å². The van der Waals surface area contributed by atoms with Gasteiger partial charge < -0.3 is 5.32 Å². The normalized spacial score (nSPS) is 15.5. The minimum Gasteiger partial charge on any atom is -0.353 e. The van der Waals surface area contributed by atoms with E-state index in [1.54, 1.807) is 11.3 Å². The lowest BCUT2D eigenvalue weighted by molar-refractivity contribution is -0.119. The van der Waals surface area contributed by atoms with E-state index in [9.17, 15) is 4.79 Å². The molecule has 1 fully saturated rings. The summed E-state index contributed by atoms with van der Waals surface area (Å²) in [5.74, 6) is 0.575. The van der Waals surface area contributed by atoms with Crippen LogP contribution >= 0.6 is 39.0 Å². The zero-order valence-corrected chi connectivity index (χ0v) is 16.0. The molecule has 1 aromatic heterocycles. The van der Waals surface area contributed by atoms with Gasteiger partial charge in [-0.15, -0.1) is 11.3 Å². The van der Waals surface area contributed by atoms with Gasteiger partial charge in [0.05, 0.1) is 11.4 Å². The van der Waals surface area contributed by atoms with Gasteiger partial charge in [0.25, 0.3) is 0 Å². The van der Waals surface area contributed by atoms with Crippen molar-refractivity contribution in [3.8, 4) is 11.3 Å². The van der Waals surface area contributed by atoms with Crippen LogP contribution in [0.2, 0.25) is 0 Å². The molecule has 1 aliphatic carbocycles. The second-order valence-electron chi connectivity index (χ2n) is 5.70. The molecule has 1 saturated carbocycles. The smallest absolute Gasteiger partial charge is 0.230 e. The largest absolute Gasteiger partial charge is 0.353 e. The number of rotatable bonds is 5. The molecule has 23 heavy (non-hydrogen) atoms. The molecule has 0 bridgehead atoms. The summed E-state index contributed by atoms with van der Waals surface area (Å²) in [6.45, 7) is 0. The maximum atomic E-state index is 12.0. The van der Waals surface area contributed by atoms with Gasteiger partial charge >= 0.3 is 0 Å². The summed E-state index contributed by atoms with van der Waals surface area (Å²) >= 11 is 6.56. The molecule has 0 atom stereocenters. The number of thioether (sulfide) groups is 1. The molecule has 3 nitrogen and oxygen atoms in total. The summed E-state index contributed by atoms with van der Waals surface area (Å²) in [7, 11) is 0. The maximum absolute atomic E-state index is 12.0. The minimum atomic E-state index is 0.127. The Balaban J connectivity index is 1.50. The van der Waals surface area contributed by atoms with Crippen LogP contribution in [0.1, 0.15) is 32.1 Å². The highest BCUT2D eigenvalue weighted by Crippen LogP contribution is 2.29. The van der Waals surface area contributed by atoms with E-state index < -0.39 is 0 Å². The SMILES string of the molecule is O=C(CSc1nc(-c2ccc(Br)cc2)cs1)NC1CCCCC1. The number of thiazole rings is 1. The van der Waals surface area contributed by atoms with Gasteiger partial charge in [0.1, 0.15) is 0 Å². The van der Waals surface area contributed by atoms with E-state index in [4.69, 9.17) is 0 Å². The predicted octanol–water partition coefficient (Wildman–Crippen LogP) is 5.11. The molecule has 0 aliphatic heterocycles. The van der Waals surface area contributed by atoms with E-state index >= 15 is 0 Å². The molecule has 1 N–H and O–H groups in total.